The van der Waals surface area contributed by atoms with Crippen molar-refractivity contribution in [3.05, 3.63) is 69.9 Å². The SMILES string of the molecule is N[C@H](c1ccc(Br)cc1F)[C@@H](O)Cc1ccccc1. The van der Waals surface area contributed by atoms with Gasteiger partial charge in [-0.2, -0.15) is 0 Å². The lowest BCUT2D eigenvalue weighted by Crippen LogP contribution is -2.28. The van der Waals surface area contributed by atoms with E-state index in [4.69, 9.17) is 5.73 Å². The highest BCUT2D eigenvalue weighted by molar-refractivity contribution is 9.10. The molecule has 2 nitrogen and oxygen atoms in total. The third kappa shape index (κ3) is 3.62. The lowest BCUT2D eigenvalue weighted by molar-refractivity contribution is 0.143. The first-order valence-electron chi connectivity index (χ1n) is 6.00. The molecule has 2 rings (SSSR count). The molecule has 0 aliphatic rings. The van der Waals surface area contributed by atoms with Gasteiger partial charge in [-0.15, -0.1) is 0 Å². The standard InChI is InChI=1S/C15H15BrFNO/c16-11-6-7-12(13(17)9-11)15(18)14(19)8-10-4-2-1-3-5-10/h1-7,9,14-15,19H,8,18H2/t14-,15+/m0/s1. The number of aliphatic hydroxyl groups excluding tert-OH is 1. The van der Waals surface area contributed by atoms with Crippen LogP contribution in [0.1, 0.15) is 17.2 Å². The Balaban J connectivity index is 2.12. The van der Waals surface area contributed by atoms with Crippen molar-refractivity contribution in [2.24, 2.45) is 5.73 Å². The number of hydrogen-bond donors (Lipinski definition) is 2. The molecule has 2 aromatic rings. The van der Waals surface area contributed by atoms with Crippen molar-refractivity contribution in [2.75, 3.05) is 0 Å². The molecule has 0 heterocycles. The van der Waals surface area contributed by atoms with Gasteiger partial charge in [0, 0.05) is 16.5 Å². The minimum atomic E-state index is -0.821. The highest BCUT2D eigenvalue weighted by Gasteiger charge is 2.20. The zero-order chi connectivity index (χ0) is 13.8. The molecule has 0 fully saturated rings. The summed E-state index contributed by atoms with van der Waals surface area (Å²) in [6.45, 7) is 0. The fraction of sp³-hybridized carbons (Fsp3) is 0.200. The zero-order valence-corrected chi connectivity index (χ0v) is 11.8. The van der Waals surface area contributed by atoms with Gasteiger partial charge in [0.2, 0.25) is 0 Å². The van der Waals surface area contributed by atoms with E-state index in [0.717, 1.165) is 5.56 Å². The van der Waals surface area contributed by atoms with Crippen molar-refractivity contribution in [3.8, 4) is 0 Å². The molecule has 0 aliphatic carbocycles. The van der Waals surface area contributed by atoms with Crippen LogP contribution in [-0.2, 0) is 6.42 Å². The molecule has 0 saturated carbocycles. The maximum Gasteiger partial charge on any atom is 0.129 e. The Labute approximate surface area is 120 Å². The van der Waals surface area contributed by atoms with Gasteiger partial charge in [0.1, 0.15) is 5.82 Å². The number of hydrogen-bond acceptors (Lipinski definition) is 2. The monoisotopic (exact) mass is 323 g/mol. The second-order valence-electron chi connectivity index (χ2n) is 4.45. The summed E-state index contributed by atoms with van der Waals surface area (Å²) in [6, 6.07) is 13.4. The van der Waals surface area contributed by atoms with E-state index in [1.54, 1.807) is 12.1 Å². The first kappa shape index (κ1) is 14.2. The van der Waals surface area contributed by atoms with Gasteiger partial charge in [-0.25, -0.2) is 4.39 Å². The summed E-state index contributed by atoms with van der Waals surface area (Å²) in [5.74, 6) is -0.408. The number of nitrogens with two attached hydrogens (primary N) is 1. The van der Waals surface area contributed by atoms with Gasteiger partial charge in [-0.1, -0.05) is 52.3 Å². The van der Waals surface area contributed by atoms with Crippen molar-refractivity contribution >= 4 is 15.9 Å². The van der Waals surface area contributed by atoms with Gasteiger partial charge in [0.15, 0.2) is 0 Å². The Morgan fingerprint density at radius 3 is 2.47 bits per heavy atom. The average Bonchev–Trinajstić information content (AvgIpc) is 2.39. The zero-order valence-electron chi connectivity index (χ0n) is 10.3. The van der Waals surface area contributed by atoms with E-state index < -0.39 is 18.0 Å². The van der Waals surface area contributed by atoms with Crippen molar-refractivity contribution in [3.63, 3.8) is 0 Å². The van der Waals surface area contributed by atoms with E-state index in [2.05, 4.69) is 15.9 Å². The number of aliphatic hydroxyl groups is 1. The minimum Gasteiger partial charge on any atom is -0.391 e. The van der Waals surface area contributed by atoms with Gasteiger partial charge in [-0.3, -0.25) is 0 Å². The van der Waals surface area contributed by atoms with Gasteiger partial charge in [0.05, 0.1) is 12.1 Å². The Bertz CT molecular complexity index is 547. The molecule has 2 atom stereocenters. The first-order chi connectivity index (χ1) is 9.08. The van der Waals surface area contributed by atoms with Crippen LogP contribution in [0.2, 0.25) is 0 Å². The maximum absolute atomic E-state index is 13.8. The lowest BCUT2D eigenvalue weighted by atomic mass is 9.96. The van der Waals surface area contributed by atoms with Gasteiger partial charge in [0.25, 0.3) is 0 Å². The lowest BCUT2D eigenvalue weighted by Gasteiger charge is -2.20. The van der Waals surface area contributed by atoms with E-state index >= 15 is 0 Å². The Morgan fingerprint density at radius 2 is 1.84 bits per heavy atom. The summed E-state index contributed by atoms with van der Waals surface area (Å²) in [5.41, 5.74) is 7.23. The van der Waals surface area contributed by atoms with E-state index in [0.29, 0.717) is 16.5 Å². The molecule has 0 radical (unpaired) electrons. The molecule has 0 aliphatic heterocycles. The van der Waals surface area contributed by atoms with Gasteiger partial charge < -0.3 is 10.8 Å². The van der Waals surface area contributed by atoms with Crippen molar-refractivity contribution in [1.82, 2.24) is 0 Å². The molecule has 0 aromatic heterocycles. The van der Waals surface area contributed by atoms with Crippen LogP contribution in [0.5, 0.6) is 0 Å². The van der Waals surface area contributed by atoms with Crippen LogP contribution < -0.4 is 5.73 Å². The van der Waals surface area contributed by atoms with Crippen molar-refractivity contribution in [2.45, 2.75) is 18.6 Å². The van der Waals surface area contributed by atoms with Crippen molar-refractivity contribution in [1.29, 1.82) is 0 Å². The topological polar surface area (TPSA) is 46.2 Å². The van der Waals surface area contributed by atoms with Crippen LogP contribution in [-0.4, -0.2) is 11.2 Å². The molecule has 3 N–H and O–H groups in total. The number of benzene rings is 2. The highest BCUT2D eigenvalue weighted by atomic mass is 79.9. The summed E-state index contributed by atoms with van der Waals surface area (Å²) >= 11 is 3.19. The van der Waals surface area contributed by atoms with Crippen LogP contribution in [0.15, 0.2) is 53.0 Å². The Kier molecular flexibility index (Phi) is 4.69. The summed E-state index contributed by atoms with van der Waals surface area (Å²) < 4.78 is 14.4. The fourth-order valence-corrected chi connectivity index (χ4v) is 2.29. The third-order valence-electron chi connectivity index (χ3n) is 3.02. The second kappa shape index (κ2) is 6.28. The van der Waals surface area contributed by atoms with Crippen LogP contribution in [0.4, 0.5) is 4.39 Å². The molecule has 19 heavy (non-hydrogen) atoms. The van der Waals surface area contributed by atoms with E-state index in [1.165, 1.54) is 6.07 Å². The summed E-state index contributed by atoms with van der Waals surface area (Å²) in [5, 5.41) is 10.1. The van der Waals surface area contributed by atoms with Crippen LogP contribution in [0.3, 0.4) is 0 Å². The Morgan fingerprint density at radius 1 is 1.16 bits per heavy atom. The smallest absolute Gasteiger partial charge is 0.129 e. The van der Waals surface area contributed by atoms with E-state index in [9.17, 15) is 9.50 Å². The summed E-state index contributed by atoms with van der Waals surface area (Å²) in [6.07, 6.45) is -0.421. The van der Waals surface area contributed by atoms with E-state index in [1.807, 2.05) is 30.3 Å². The molecule has 100 valence electrons. The van der Waals surface area contributed by atoms with Crippen LogP contribution in [0, 0.1) is 5.82 Å². The minimum absolute atomic E-state index is 0.326. The molecule has 0 amide bonds. The van der Waals surface area contributed by atoms with E-state index in [-0.39, 0.29) is 0 Å². The molecular weight excluding hydrogens is 309 g/mol. The number of halogens is 2. The Hall–Kier alpha value is -1.23. The molecule has 2 aromatic carbocycles. The van der Waals surface area contributed by atoms with Crippen LogP contribution >= 0.6 is 15.9 Å². The highest BCUT2D eigenvalue weighted by Crippen LogP contribution is 2.23. The van der Waals surface area contributed by atoms with Gasteiger partial charge in [-0.05, 0) is 17.7 Å². The molecule has 0 spiro atoms. The third-order valence-corrected chi connectivity index (χ3v) is 3.52. The predicted molar refractivity (Wildman–Crippen MR) is 77.2 cm³/mol. The van der Waals surface area contributed by atoms with Crippen molar-refractivity contribution < 1.29 is 9.50 Å². The quantitative estimate of drug-likeness (QED) is 0.907. The predicted octanol–water partition coefficient (Wildman–Crippen LogP) is 3.19. The molecule has 4 heteroatoms. The molecular formula is C15H15BrFNO. The van der Waals surface area contributed by atoms with Gasteiger partial charge >= 0.3 is 0 Å². The maximum atomic E-state index is 13.8. The molecule has 0 bridgehead atoms. The second-order valence-corrected chi connectivity index (χ2v) is 5.36. The summed E-state index contributed by atoms with van der Waals surface area (Å²) in [7, 11) is 0. The molecule has 0 unspecified atom stereocenters. The fourth-order valence-electron chi connectivity index (χ4n) is 1.96. The normalized spacial score (nSPS) is 14.1. The number of rotatable bonds is 4. The molecule has 0 saturated heterocycles. The average molecular weight is 324 g/mol. The first-order valence-corrected chi connectivity index (χ1v) is 6.80. The van der Waals surface area contributed by atoms with Crippen LogP contribution in [0.25, 0.3) is 0 Å². The largest absolute Gasteiger partial charge is 0.391 e. The summed E-state index contributed by atoms with van der Waals surface area (Å²) in [4.78, 5) is 0.